The van der Waals surface area contributed by atoms with E-state index in [-0.39, 0.29) is 12.0 Å². The lowest BCUT2D eigenvalue weighted by Crippen LogP contribution is -2.15. The molecule has 0 aliphatic heterocycles. The lowest BCUT2D eigenvalue weighted by atomic mass is 10.3. The highest BCUT2D eigenvalue weighted by atomic mass is 16.6. The van der Waals surface area contributed by atoms with Crippen molar-refractivity contribution in [2.45, 2.75) is 26.9 Å². The first-order valence-electron chi connectivity index (χ1n) is 15.4. The molecule has 1 N–H and O–H groups in total. The zero-order chi connectivity index (χ0) is 31.8. The van der Waals surface area contributed by atoms with Crippen LogP contribution in [0.5, 0.6) is 5.75 Å². The summed E-state index contributed by atoms with van der Waals surface area (Å²) >= 11 is 0. The number of carbonyl (C=O) groups excluding carboxylic acids is 1. The van der Waals surface area contributed by atoms with Gasteiger partial charge in [0.2, 0.25) is 5.91 Å². The summed E-state index contributed by atoms with van der Waals surface area (Å²) in [5.41, 5.74) is 0.733. The maximum absolute atomic E-state index is 11.0. The number of amides is 1. The van der Waals surface area contributed by atoms with Gasteiger partial charge in [-0.05, 0) is 38.1 Å². The quantitative estimate of drug-likeness (QED) is 0.114. The van der Waals surface area contributed by atoms with Crippen molar-refractivity contribution >= 4 is 11.6 Å². The van der Waals surface area contributed by atoms with Gasteiger partial charge in [0.25, 0.3) is 0 Å². The fourth-order valence-corrected chi connectivity index (χ4v) is 3.26. The van der Waals surface area contributed by atoms with Crippen LogP contribution >= 0.6 is 0 Å². The van der Waals surface area contributed by atoms with Crippen LogP contribution in [-0.4, -0.2) is 144 Å². The fourth-order valence-electron chi connectivity index (χ4n) is 3.26. The predicted octanol–water partition coefficient (Wildman–Crippen LogP) is 2.60. The number of hydrogen-bond donors (Lipinski definition) is 1. The Labute approximate surface area is 263 Å². The van der Waals surface area contributed by atoms with Gasteiger partial charge in [0.15, 0.2) is 0 Å². The molecule has 0 unspecified atom stereocenters. The molecule has 0 heterocycles. The second-order valence-electron chi connectivity index (χ2n) is 9.48. The van der Waals surface area contributed by atoms with Crippen LogP contribution in [0.2, 0.25) is 0 Å². The summed E-state index contributed by atoms with van der Waals surface area (Å²) in [4.78, 5) is 11.0. The molecule has 0 atom stereocenters. The highest BCUT2D eigenvalue weighted by Crippen LogP contribution is 2.15. The average molecular weight is 634 g/mol. The second kappa shape index (κ2) is 31.1. The second-order valence-corrected chi connectivity index (χ2v) is 9.48. The molecule has 1 aromatic carbocycles. The standard InChI is InChI=1S/C31H55NO12/c1-28(2)43-26-24-41-22-20-39-18-16-37-14-12-35-10-8-34-9-11-36-13-15-38-17-19-40-21-23-42-25-27-44-31-6-4-30(5-7-31)32-29(3)33/h4-7,28H,8-27H2,1-3H3,(H,32,33). The molecule has 1 amide bonds. The number of carbonyl (C=O) groups is 1. The molecular weight excluding hydrogens is 578 g/mol. The van der Waals surface area contributed by atoms with Gasteiger partial charge in [-0.15, -0.1) is 0 Å². The Morgan fingerprint density at radius 1 is 0.500 bits per heavy atom. The number of benzene rings is 1. The molecule has 1 aromatic rings. The molecule has 0 bridgehead atoms. The van der Waals surface area contributed by atoms with Gasteiger partial charge in [-0.2, -0.15) is 0 Å². The molecular formula is C31H55NO12. The largest absolute Gasteiger partial charge is 0.491 e. The van der Waals surface area contributed by atoms with Crippen LogP contribution in [0.15, 0.2) is 24.3 Å². The predicted molar refractivity (Wildman–Crippen MR) is 165 cm³/mol. The highest BCUT2D eigenvalue weighted by molar-refractivity contribution is 5.88. The molecule has 0 aliphatic rings. The molecule has 0 saturated heterocycles. The summed E-state index contributed by atoms with van der Waals surface area (Å²) in [7, 11) is 0. The molecule has 0 fully saturated rings. The molecule has 0 saturated carbocycles. The van der Waals surface area contributed by atoms with Crippen molar-refractivity contribution in [1.82, 2.24) is 0 Å². The van der Waals surface area contributed by atoms with E-state index < -0.39 is 0 Å². The van der Waals surface area contributed by atoms with Crippen LogP contribution in [0.4, 0.5) is 5.69 Å². The molecule has 0 aliphatic carbocycles. The van der Waals surface area contributed by atoms with Crippen LogP contribution in [0.3, 0.4) is 0 Å². The molecule has 1 rings (SSSR count). The monoisotopic (exact) mass is 633 g/mol. The lowest BCUT2D eigenvalue weighted by molar-refractivity contribution is -0.114. The maximum Gasteiger partial charge on any atom is 0.221 e. The highest BCUT2D eigenvalue weighted by Gasteiger charge is 1.99. The van der Waals surface area contributed by atoms with Crippen molar-refractivity contribution in [2.75, 3.05) is 137 Å². The Hall–Kier alpha value is -1.91. The van der Waals surface area contributed by atoms with Gasteiger partial charge in [0.1, 0.15) is 12.4 Å². The summed E-state index contributed by atoms with van der Waals surface area (Å²) in [6, 6.07) is 7.18. The summed E-state index contributed by atoms with van der Waals surface area (Å²) in [6.07, 6.45) is 0.229. The molecule has 0 aromatic heterocycles. The van der Waals surface area contributed by atoms with Gasteiger partial charge < -0.3 is 57.4 Å². The normalized spacial score (nSPS) is 11.4. The van der Waals surface area contributed by atoms with Gasteiger partial charge in [-0.1, -0.05) is 0 Å². The number of rotatable bonds is 33. The third-order valence-electron chi connectivity index (χ3n) is 5.33. The zero-order valence-electron chi connectivity index (χ0n) is 26.9. The summed E-state index contributed by atoms with van der Waals surface area (Å²) in [5.74, 6) is 0.611. The first-order chi connectivity index (χ1) is 21.6. The minimum Gasteiger partial charge on any atom is -0.491 e. The lowest BCUT2D eigenvalue weighted by Gasteiger charge is -2.09. The Morgan fingerprint density at radius 2 is 0.795 bits per heavy atom. The van der Waals surface area contributed by atoms with Crippen LogP contribution in [0.1, 0.15) is 20.8 Å². The van der Waals surface area contributed by atoms with Gasteiger partial charge in [0.05, 0.1) is 132 Å². The summed E-state index contributed by atoms with van der Waals surface area (Å²) < 4.78 is 60.1. The van der Waals surface area contributed by atoms with Crippen LogP contribution < -0.4 is 10.1 Å². The topological polar surface area (TPSA) is 131 Å². The van der Waals surface area contributed by atoms with E-state index in [0.29, 0.717) is 132 Å². The van der Waals surface area contributed by atoms with Crippen LogP contribution in [-0.2, 0) is 52.2 Å². The average Bonchev–Trinajstić information content (AvgIpc) is 3.00. The molecule has 44 heavy (non-hydrogen) atoms. The van der Waals surface area contributed by atoms with E-state index in [0.717, 1.165) is 11.4 Å². The Morgan fingerprint density at radius 3 is 1.09 bits per heavy atom. The number of hydrogen-bond acceptors (Lipinski definition) is 12. The SMILES string of the molecule is CC(=O)Nc1ccc(OCCOCCOCCOCCOCCOCCOCCOCCOCCOCCOC(C)C)cc1. The van der Waals surface area contributed by atoms with E-state index in [1.54, 1.807) is 24.3 Å². The van der Waals surface area contributed by atoms with E-state index >= 15 is 0 Å². The van der Waals surface area contributed by atoms with E-state index in [1.165, 1.54) is 6.92 Å². The van der Waals surface area contributed by atoms with E-state index in [9.17, 15) is 4.79 Å². The molecule has 256 valence electrons. The Kier molecular flexibility index (Phi) is 28.3. The van der Waals surface area contributed by atoms with Crippen molar-refractivity contribution in [3.63, 3.8) is 0 Å². The summed E-state index contributed by atoms with van der Waals surface area (Å²) in [5, 5.41) is 2.71. The number of anilines is 1. The maximum atomic E-state index is 11.0. The first kappa shape index (κ1) is 40.1. The van der Waals surface area contributed by atoms with Crippen LogP contribution in [0, 0.1) is 0 Å². The van der Waals surface area contributed by atoms with E-state index in [4.69, 9.17) is 52.1 Å². The minimum atomic E-state index is -0.107. The Balaban J connectivity index is 1.67. The van der Waals surface area contributed by atoms with Crippen molar-refractivity contribution in [1.29, 1.82) is 0 Å². The van der Waals surface area contributed by atoms with Crippen molar-refractivity contribution in [3.05, 3.63) is 24.3 Å². The minimum absolute atomic E-state index is 0.107. The van der Waals surface area contributed by atoms with Crippen molar-refractivity contribution in [2.24, 2.45) is 0 Å². The van der Waals surface area contributed by atoms with E-state index in [2.05, 4.69) is 5.32 Å². The zero-order valence-corrected chi connectivity index (χ0v) is 26.9. The summed E-state index contributed by atoms with van der Waals surface area (Å²) in [6.45, 7) is 15.7. The fraction of sp³-hybridized carbons (Fsp3) is 0.774. The first-order valence-corrected chi connectivity index (χ1v) is 15.4. The van der Waals surface area contributed by atoms with Gasteiger partial charge in [-0.3, -0.25) is 4.79 Å². The van der Waals surface area contributed by atoms with Gasteiger partial charge >= 0.3 is 0 Å². The third kappa shape index (κ3) is 28.8. The van der Waals surface area contributed by atoms with Gasteiger partial charge in [-0.25, -0.2) is 0 Å². The molecule has 13 nitrogen and oxygen atoms in total. The Bertz CT molecular complexity index is 754. The third-order valence-corrected chi connectivity index (χ3v) is 5.33. The smallest absolute Gasteiger partial charge is 0.221 e. The molecule has 0 spiro atoms. The number of ether oxygens (including phenoxy) is 11. The number of nitrogens with one attached hydrogen (secondary N) is 1. The molecule has 13 heteroatoms. The van der Waals surface area contributed by atoms with E-state index in [1.807, 2.05) is 13.8 Å². The van der Waals surface area contributed by atoms with Crippen molar-refractivity contribution < 1.29 is 56.9 Å². The van der Waals surface area contributed by atoms with Crippen LogP contribution in [0.25, 0.3) is 0 Å². The molecule has 0 radical (unpaired) electrons. The van der Waals surface area contributed by atoms with Crippen molar-refractivity contribution in [3.8, 4) is 5.75 Å². The van der Waals surface area contributed by atoms with Gasteiger partial charge in [0, 0.05) is 12.6 Å².